The van der Waals surface area contributed by atoms with E-state index in [0.717, 1.165) is 25.2 Å². The molecule has 2 atom stereocenters. The first-order valence-electron chi connectivity index (χ1n) is 6.48. The van der Waals surface area contributed by atoms with E-state index < -0.39 is 0 Å². The Morgan fingerprint density at radius 3 is 2.83 bits per heavy atom. The van der Waals surface area contributed by atoms with Crippen LogP contribution in [0.4, 0.5) is 0 Å². The molecule has 1 fully saturated rings. The van der Waals surface area contributed by atoms with Crippen molar-refractivity contribution in [1.29, 1.82) is 0 Å². The average molecular weight is 287 g/mol. The minimum atomic E-state index is 0.586. The molecular formula is C14H20Cl2N2. The highest BCUT2D eigenvalue weighted by atomic mass is 35.5. The van der Waals surface area contributed by atoms with Crippen LogP contribution in [0.1, 0.15) is 25.3 Å². The number of nitrogens with zero attached hydrogens (tertiary/aromatic N) is 1. The van der Waals surface area contributed by atoms with Crippen molar-refractivity contribution in [2.75, 3.05) is 13.1 Å². The predicted octanol–water partition coefficient (Wildman–Crippen LogP) is 3.55. The van der Waals surface area contributed by atoms with Crippen molar-refractivity contribution in [3.8, 4) is 0 Å². The van der Waals surface area contributed by atoms with Crippen LogP contribution in [0, 0.1) is 5.92 Å². The van der Waals surface area contributed by atoms with Crippen molar-refractivity contribution >= 4 is 23.2 Å². The molecule has 2 unspecified atom stereocenters. The molecule has 18 heavy (non-hydrogen) atoms. The number of hydrogen-bond donors (Lipinski definition) is 1. The molecule has 1 aromatic carbocycles. The minimum absolute atomic E-state index is 0.586. The fourth-order valence-electron chi connectivity index (χ4n) is 2.56. The van der Waals surface area contributed by atoms with Crippen molar-refractivity contribution in [2.45, 2.75) is 32.4 Å². The topological polar surface area (TPSA) is 29.3 Å². The van der Waals surface area contributed by atoms with Crippen molar-refractivity contribution in [1.82, 2.24) is 4.90 Å². The predicted molar refractivity (Wildman–Crippen MR) is 78.1 cm³/mol. The maximum atomic E-state index is 6.25. The van der Waals surface area contributed by atoms with Gasteiger partial charge in [-0.1, -0.05) is 35.3 Å². The van der Waals surface area contributed by atoms with Gasteiger partial charge in [0.1, 0.15) is 0 Å². The van der Waals surface area contributed by atoms with E-state index in [4.69, 9.17) is 28.9 Å². The van der Waals surface area contributed by atoms with Gasteiger partial charge in [-0.3, -0.25) is 4.90 Å². The lowest BCUT2D eigenvalue weighted by molar-refractivity contribution is 0.113. The van der Waals surface area contributed by atoms with Gasteiger partial charge in [0, 0.05) is 19.1 Å². The molecule has 1 saturated heterocycles. The van der Waals surface area contributed by atoms with Crippen LogP contribution >= 0.6 is 23.2 Å². The Kier molecular flexibility index (Phi) is 4.91. The first-order valence-corrected chi connectivity index (χ1v) is 7.24. The zero-order chi connectivity index (χ0) is 13.1. The Bertz CT molecular complexity index is 409. The van der Waals surface area contributed by atoms with Crippen LogP contribution in [0.25, 0.3) is 0 Å². The Hall–Kier alpha value is -0.280. The lowest BCUT2D eigenvalue weighted by Crippen LogP contribution is -2.43. The molecule has 0 saturated carbocycles. The summed E-state index contributed by atoms with van der Waals surface area (Å²) in [6.45, 7) is 4.95. The summed E-state index contributed by atoms with van der Waals surface area (Å²) in [6, 6.07) is 6.42. The second kappa shape index (κ2) is 6.25. The van der Waals surface area contributed by atoms with Gasteiger partial charge < -0.3 is 5.73 Å². The maximum absolute atomic E-state index is 6.25. The standard InChI is InChI=1S/C14H20Cl2N2/c1-10-5-6-11(7-17)8-18(10)9-12-3-2-4-13(15)14(12)16/h2-4,10-11H,5-9,17H2,1H3. The third-order valence-electron chi connectivity index (χ3n) is 3.85. The summed E-state index contributed by atoms with van der Waals surface area (Å²) in [5, 5.41) is 1.32. The van der Waals surface area contributed by atoms with Crippen molar-refractivity contribution in [2.24, 2.45) is 11.7 Å². The summed E-state index contributed by atoms with van der Waals surface area (Å²) in [5.41, 5.74) is 6.89. The maximum Gasteiger partial charge on any atom is 0.0637 e. The summed E-state index contributed by atoms with van der Waals surface area (Å²) in [7, 11) is 0. The van der Waals surface area contributed by atoms with Gasteiger partial charge in [-0.25, -0.2) is 0 Å². The molecular weight excluding hydrogens is 267 g/mol. The smallest absolute Gasteiger partial charge is 0.0637 e. The lowest BCUT2D eigenvalue weighted by atomic mass is 9.93. The highest BCUT2D eigenvalue weighted by molar-refractivity contribution is 6.42. The number of rotatable bonds is 3. The molecule has 0 amide bonds. The number of piperidine rings is 1. The molecule has 100 valence electrons. The number of halogens is 2. The fourth-order valence-corrected chi connectivity index (χ4v) is 2.94. The van der Waals surface area contributed by atoms with E-state index in [1.807, 2.05) is 18.2 Å². The van der Waals surface area contributed by atoms with Crippen LogP contribution < -0.4 is 5.73 Å². The van der Waals surface area contributed by atoms with Crippen LogP contribution in [-0.2, 0) is 6.54 Å². The molecule has 2 nitrogen and oxygen atoms in total. The zero-order valence-corrected chi connectivity index (χ0v) is 12.2. The summed E-state index contributed by atoms with van der Waals surface area (Å²) in [6.07, 6.45) is 2.44. The minimum Gasteiger partial charge on any atom is -0.330 e. The summed E-state index contributed by atoms with van der Waals surface area (Å²) >= 11 is 12.3. The van der Waals surface area contributed by atoms with E-state index in [0.29, 0.717) is 22.0 Å². The van der Waals surface area contributed by atoms with Gasteiger partial charge in [0.05, 0.1) is 10.0 Å². The van der Waals surface area contributed by atoms with Gasteiger partial charge in [0.25, 0.3) is 0 Å². The second-order valence-corrected chi connectivity index (χ2v) is 5.96. The molecule has 1 aliphatic heterocycles. The van der Waals surface area contributed by atoms with Crippen LogP contribution in [-0.4, -0.2) is 24.0 Å². The van der Waals surface area contributed by atoms with Gasteiger partial charge in [-0.05, 0) is 43.9 Å². The zero-order valence-electron chi connectivity index (χ0n) is 10.7. The molecule has 0 spiro atoms. The van der Waals surface area contributed by atoms with Gasteiger partial charge in [-0.15, -0.1) is 0 Å². The second-order valence-electron chi connectivity index (χ2n) is 5.17. The Morgan fingerprint density at radius 2 is 2.11 bits per heavy atom. The molecule has 0 aromatic heterocycles. The largest absolute Gasteiger partial charge is 0.330 e. The van der Waals surface area contributed by atoms with Gasteiger partial charge in [-0.2, -0.15) is 0 Å². The molecule has 4 heteroatoms. The first-order chi connectivity index (χ1) is 8.61. The van der Waals surface area contributed by atoms with Crippen LogP contribution in [0.3, 0.4) is 0 Å². The van der Waals surface area contributed by atoms with Crippen molar-refractivity contribution in [3.63, 3.8) is 0 Å². The average Bonchev–Trinajstić information content (AvgIpc) is 2.37. The summed E-state index contributed by atoms with van der Waals surface area (Å²) in [5.74, 6) is 0.610. The van der Waals surface area contributed by atoms with Crippen LogP contribution in [0.15, 0.2) is 18.2 Å². The Labute approximate surface area is 119 Å². The van der Waals surface area contributed by atoms with Crippen molar-refractivity contribution in [3.05, 3.63) is 33.8 Å². The SMILES string of the molecule is CC1CCC(CN)CN1Cc1cccc(Cl)c1Cl. The quantitative estimate of drug-likeness (QED) is 0.921. The highest BCUT2D eigenvalue weighted by Crippen LogP contribution is 2.29. The molecule has 2 rings (SSSR count). The third-order valence-corrected chi connectivity index (χ3v) is 4.71. The molecule has 0 aliphatic carbocycles. The van der Waals surface area contributed by atoms with E-state index in [1.165, 1.54) is 12.8 Å². The van der Waals surface area contributed by atoms with E-state index in [9.17, 15) is 0 Å². The Morgan fingerprint density at radius 1 is 1.33 bits per heavy atom. The molecule has 0 bridgehead atoms. The van der Waals surface area contributed by atoms with Gasteiger partial charge in [0.2, 0.25) is 0 Å². The van der Waals surface area contributed by atoms with Gasteiger partial charge in [0.15, 0.2) is 0 Å². The Balaban J connectivity index is 2.09. The monoisotopic (exact) mass is 286 g/mol. The number of hydrogen-bond acceptors (Lipinski definition) is 2. The number of benzene rings is 1. The molecule has 1 aliphatic rings. The van der Waals surface area contributed by atoms with Crippen molar-refractivity contribution < 1.29 is 0 Å². The summed E-state index contributed by atoms with van der Waals surface area (Å²) in [4.78, 5) is 2.46. The lowest BCUT2D eigenvalue weighted by Gasteiger charge is -2.37. The van der Waals surface area contributed by atoms with Gasteiger partial charge >= 0.3 is 0 Å². The van der Waals surface area contributed by atoms with Crippen LogP contribution in [0.2, 0.25) is 10.0 Å². The number of nitrogens with two attached hydrogens (primary N) is 1. The number of likely N-dealkylation sites (tertiary alicyclic amines) is 1. The normalized spacial score (nSPS) is 25.3. The molecule has 2 N–H and O–H groups in total. The fraction of sp³-hybridized carbons (Fsp3) is 0.571. The highest BCUT2D eigenvalue weighted by Gasteiger charge is 2.25. The third kappa shape index (κ3) is 3.18. The summed E-state index contributed by atoms with van der Waals surface area (Å²) < 4.78 is 0. The van der Waals surface area contributed by atoms with E-state index in [1.54, 1.807) is 0 Å². The van der Waals surface area contributed by atoms with Crippen LogP contribution in [0.5, 0.6) is 0 Å². The molecule has 1 heterocycles. The molecule has 1 aromatic rings. The van der Waals surface area contributed by atoms with E-state index in [-0.39, 0.29) is 0 Å². The van der Waals surface area contributed by atoms with E-state index >= 15 is 0 Å². The van der Waals surface area contributed by atoms with E-state index in [2.05, 4.69) is 11.8 Å². The molecule has 0 radical (unpaired) electrons. The first kappa shape index (κ1) is 14.1.